The minimum Gasteiger partial charge on any atom is -0.343 e. The zero-order valence-electron chi connectivity index (χ0n) is 8.70. The zero-order valence-corrected chi connectivity index (χ0v) is 10.3. The van der Waals surface area contributed by atoms with Crippen molar-refractivity contribution >= 4 is 23.6 Å². The van der Waals surface area contributed by atoms with Crippen LogP contribution in [0.25, 0.3) is 11.3 Å². The molecule has 0 aliphatic carbocycles. The maximum absolute atomic E-state index is 5.24. The van der Waals surface area contributed by atoms with Gasteiger partial charge < -0.3 is 4.98 Å². The number of nitrogens with one attached hydrogen (secondary N) is 1. The fourth-order valence-electron chi connectivity index (χ4n) is 1.44. The summed E-state index contributed by atoms with van der Waals surface area (Å²) < 4.78 is 0.701. The number of H-pyrrole nitrogens is 1. The van der Waals surface area contributed by atoms with E-state index in [1.165, 1.54) is 5.56 Å². The summed E-state index contributed by atoms with van der Waals surface area (Å²) in [5.41, 5.74) is 3.36. The number of nitrogens with zero attached hydrogens (tertiary/aromatic N) is 1. The van der Waals surface area contributed by atoms with Crippen LogP contribution in [0, 0.1) is 11.6 Å². The molecule has 1 N–H and O–H groups in total. The first kappa shape index (κ1) is 10.5. The monoisotopic (exact) mass is 236 g/mol. The van der Waals surface area contributed by atoms with Crippen LogP contribution in [-0.4, -0.2) is 9.97 Å². The summed E-state index contributed by atoms with van der Waals surface area (Å²) in [6.45, 7) is 4.08. The van der Waals surface area contributed by atoms with Crippen molar-refractivity contribution in [2.24, 2.45) is 0 Å². The molecule has 0 aliphatic heterocycles. The molecule has 4 heteroatoms. The van der Waals surface area contributed by atoms with Gasteiger partial charge in [-0.2, -0.15) is 11.3 Å². The lowest BCUT2D eigenvalue weighted by atomic mass is 10.1. The van der Waals surface area contributed by atoms with Gasteiger partial charge in [0.25, 0.3) is 0 Å². The van der Waals surface area contributed by atoms with Crippen LogP contribution in [-0.2, 0) is 6.42 Å². The number of thiophene rings is 1. The highest BCUT2D eigenvalue weighted by Gasteiger charge is 2.06. The van der Waals surface area contributed by atoms with Crippen LogP contribution in [0.1, 0.15) is 18.3 Å². The lowest BCUT2D eigenvalue weighted by Crippen LogP contribution is -1.98. The Morgan fingerprint density at radius 2 is 2.33 bits per heavy atom. The summed E-state index contributed by atoms with van der Waals surface area (Å²) in [5, 5.41) is 4.19. The highest BCUT2D eigenvalue weighted by molar-refractivity contribution is 7.71. The van der Waals surface area contributed by atoms with Crippen molar-refractivity contribution in [1.29, 1.82) is 0 Å². The first-order valence-corrected chi connectivity index (χ1v) is 6.20. The van der Waals surface area contributed by atoms with Gasteiger partial charge in [0.1, 0.15) is 10.5 Å². The van der Waals surface area contributed by atoms with Crippen molar-refractivity contribution in [2.75, 3.05) is 0 Å². The third-order valence-electron chi connectivity index (χ3n) is 2.35. The Morgan fingerprint density at radius 3 is 2.93 bits per heavy atom. The third kappa shape index (κ3) is 2.01. The van der Waals surface area contributed by atoms with Gasteiger partial charge in [-0.3, -0.25) is 0 Å². The molecule has 2 aromatic heterocycles. The molecule has 0 saturated carbocycles. The molecule has 2 aromatic rings. The maximum atomic E-state index is 5.24. The van der Waals surface area contributed by atoms with E-state index in [1.54, 1.807) is 11.3 Å². The SMILES string of the molecule is CCc1nc(=S)c(C)c(-c2ccsc2)[nH]1. The molecule has 78 valence electrons. The number of aryl methyl sites for hydroxylation is 1. The van der Waals surface area contributed by atoms with Crippen LogP contribution in [0.15, 0.2) is 16.8 Å². The van der Waals surface area contributed by atoms with Crippen molar-refractivity contribution < 1.29 is 0 Å². The summed E-state index contributed by atoms with van der Waals surface area (Å²) >= 11 is 6.93. The maximum Gasteiger partial charge on any atom is 0.133 e. The topological polar surface area (TPSA) is 28.7 Å². The summed E-state index contributed by atoms with van der Waals surface area (Å²) in [4.78, 5) is 7.66. The van der Waals surface area contributed by atoms with Gasteiger partial charge in [0.05, 0.1) is 5.69 Å². The molecule has 2 rings (SSSR count). The molecule has 2 heterocycles. The van der Waals surface area contributed by atoms with Crippen molar-refractivity contribution in [1.82, 2.24) is 9.97 Å². The van der Waals surface area contributed by atoms with E-state index in [1.807, 2.05) is 6.92 Å². The Hall–Kier alpha value is -1.00. The van der Waals surface area contributed by atoms with Gasteiger partial charge in [-0.15, -0.1) is 0 Å². The highest BCUT2D eigenvalue weighted by atomic mass is 32.1. The summed E-state index contributed by atoms with van der Waals surface area (Å²) in [6.07, 6.45) is 0.876. The summed E-state index contributed by atoms with van der Waals surface area (Å²) in [5.74, 6) is 0.951. The van der Waals surface area contributed by atoms with Crippen LogP contribution in [0.2, 0.25) is 0 Å². The fourth-order valence-corrected chi connectivity index (χ4v) is 2.30. The van der Waals surface area contributed by atoms with Crippen molar-refractivity contribution in [2.45, 2.75) is 20.3 Å². The largest absolute Gasteiger partial charge is 0.343 e. The number of hydrogen-bond donors (Lipinski definition) is 1. The molecule has 0 spiro atoms. The lowest BCUT2D eigenvalue weighted by molar-refractivity contribution is 0.926. The second-order valence-corrected chi connectivity index (χ2v) is 4.52. The molecule has 15 heavy (non-hydrogen) atoms. The zero-order chi connectivity index (χ0) is 10.8. The van der Waals surface area contributed by atoms with Crippen molar-refractivity contribution in [3.63, 3.8) is 0 Å². The molecular formula is C11H12N2S2. The van der Waals surface area contributed by atoms with Crippen LogP contribution in [0.3, 0.4) is 0 Å². The Balaban J connectivity index is 2.65. The predicted octanol–water partition coefficient (Wildman–Crippen LogP) is 3.74. The van der Waals surface area contributed by atoms with Crippen LogP contribution in [0.5, 0.6) is 0 Å². The summed E-state index contributed by atoms with van der Waals surface area (Å²) in [7, 11) is 0. The van der Waals surface area contributed by atoms with Crippen LogP contribution in [0.4, 0.5) is 0 Å². The van der Waals surface area contributed by atoms with Gasteiger partial charge in [0.2, 0.25) is 0 Å². The van der Waals surface area contributed by atoms with E-state index in [0.717, 1.165) is 23.5 Å². The molecule has 0 atom stereocenters. The second kappa shape index (κ2) is 4.24. The molecule has 0 fully saturated rings. The van der Waals surface area contributed by atoms with Crippen molar-refractivity contribution in [3.8, 4) is 11.3 Å². The molecule has 0 radical (unpaired) electrons. The normalized spacial score (nSPS) is 10.5. The molecule has 0 unspecified atom stereocenters. The minimum absolute atomic E-state index is 0.701. The Bertz CT molecular complexity index is 512. The fraction of sp³-hybridized carbons (Fsp3) is 0.273. The lowest BCUT2D eigenvalue weighted by Gasteiger charge is -2.06. The first-order chi connectivity index (χ1) is 7.22. The Kier molecular flexibility index (Phi) is 2.98. The van der Waals surface area contributed by atoms with Gasteiger partial charge in [-0.05, 0) is 18.4 Å². The molecular weight excluding hydrogens is 224 g/mol. The van der Waals surface area contributed by atoms with Gasteiger partial charge in [-0.1, -0.05) is 19.1 Å². The minimum atomic E-state index is 0.701. The van der Waals surface area contributed by atoms with E-state index in [0.29, 0.717) is 4.64 Å². The summed E-state index contributed by atoms with van der Waals surface area (Å²) in [6, 6.07) is 2.09. The van der Waals surface area contributed by atoms with E-state index in [-0.39, 0.29) is 0 Å². The van der Waals surface area contributed by atoms with E-state index in [9.17, 15) is 0 Å². The first-order valence-electron chi connectivity index (χ1n) is 4.84. The molecule has 2 nitrogen and oxygen atoms in total. The predicted molar refractivity (Wildman–Crippen MR) is 66.8 cm³/mol. The van der Waals surface area contributed by atoms with Crippen molar-refractivity contribution in [3.05, 3.63) is 32.9 Å². The van der Waals surface area contributed by atoms with E-state index < -0.39 is 0 Å². The average Bonchev–Trinajstić information content (AvgIpc) is 2.75. The Labute approximate surface area is 98.0 Å². The second-order valence-electron chi connectivity index (χ2n) is 3.35. The van der Waals surface area contributed by atoms with E-state index in [4.69, 9.17) is 12.2 Å². The highest BCUT2D eigenvalue weighted by Crippen LogP contribution is 2.23. The van der Waals surface area contributed by atoms with E-state index >= 15 is 0 Å². The molecule has 0 aromatic carbocycles. The number of aromatic nitrogens is 2. The van der Waals surface area contributed by atoms with Crippen LogP contribution < -0.4 is 0 Å². The average molecular weight is 236 g/mol. The number of rotatable bonds is 2. The Morgan fingerprint density at radius 1 is 1.53 bits per heavy atom. The molecule has 0 bridgehead atoms. The smallest absolute Gasteiger partial charge is 0.133 e. The van der Waals surface area contributed by atoms with Gasteiger partial charge >= 0.3 is 0 Å². The molecule has 0 saturated heterocycles. The standard InChI is InChI=1S/C11H12N2S2/c1-3-9-12-10(7(2)11(14)13-9)8-4-5-15-6-8/h4-6H,3H2,1-2H3,(H,12,13,14). The van der Waals surface area contributed by atoms with Gasteiger partial charge in [-0.25, -0.2) is 4.98 Å². The number of aromatic amines is 1. The van der Waals surface area contributed by atoms with Crippen LogP contribution >= 0.6 is 23.6 Å². The molecule has 0 amide bonds. The van der Waals surface area contributed by atoms with E-state index in [2.05, 4.69) is 33.7 Å². The molecule has 0 aliphatic rings. The third-order valence-corrected chi connectivity index (χ3v) is 3.43. The number of hydrogen-bond acceptors (Lipinski definition) is 3. The van der Waals surface area contributed by atoms with Gasteiger partial charge in [0.15, 0.2) is 0 Å². The van der Waals surface area contributed by atoms with Gasteiger partial charge in [0, 0.05) is 22.9 Å². The quantitative estimate of drug-likeness (QED) is 0.805.